The molecule has 1 N–H and O–H groups in total. The minimum atomic E-state index is -3.65. The second-order valence-electron chi connectivity index (χ2n) is 6.75. The fourth-order valence-electron chi connectivity index (χ4n) is 3.24. The lowest BCUT2D eigenvalue weighted by Crippen LogP contribution is -2.49. The van der Waals surface area contributed by atoms with E-state index in [4.69, 9.17) is 4.74 Å². The van der Waals surface area contributed by atoms with Crippen molar-refractivity contribution in [2.24, 2.45) is 5.92 Å². The van der Waals surface area contributed by atoms with E-state index in [-0.39, 0.29) is 17.3 Å². The zero-order chi connectivity index (χ0) is 20.1. The topological polar surface area (TPSA) is 79.0 Å². The van der Waals surface area contributed by atoms with Crippen LogP contribution in [-0.2, 0) is 14.8 Å². The molecule has 1 saturated heterocycles. The molecule has 28 heavy (non-hydrogen) atoms. The SMILES string of the molecule is COc1ccc(S(=O)(=O)N2CCC[C@H](C(=O)NN(C)c3ccccc3)C2)cc1. The predicted molar refractivity (Wildman–Crippen MR) is 107 cm³/mol. The Morgan fingerprint density at radius 3 is 2.46 bits per heavy atom. The van der Waals surface area contributed by atoms with Crippen LogP contribution in [0.25, 0.3) is 0 Å². The standard InChI is InChI=1S/C20H25N3O4S/c1-22(17-8-4-3-5-9-17)21-20(24)16-7-6-14-23(15-16)28(25,26)19-12-10-18(27-2)11-13-19/h3-5,8-13,16H,6-7,14-15H2,1-2H3,(H,21,24)/t16-/m0/s1. The number of nitrogens with one attached hydrogen (secondary N) is 1. The van der Waals surface area contributed by atoms with Gasteiger partial charge in [0.25, 0.3) is 0 Å². The molecule has 3 rings (SSSR count). The van der Waals surface area contributed by atoms with E-state index in [1.165, 1.54) is 23.5 Å². The third-order valence-electron chi connectivity index (χ3n) is 4.87. The summed E-state index contributed by atoms with van der Waals surface area (Å²) in [6.07, 6.45) is 1.30. The molecule has 1 aliphatic heterocycles. The Balaban J connectivity index is 1.68. The van der Waals surface area contributed by atoms with Crippen molar-refractivity contribution in [2.75, 3.05) is 32.3 Å². The summed E-state index contributed by atoms with van der Waals surface area (Å²) in [6.45, 7) is 0.579. The van der Waals surface area contributed by atoms with Gasteiger partial charge in [0, 0.05) is 20.1 Å². The van der Waals surface area contributed by atoms with Gasteiger partial charge in [0.15, 0.2) is 0 Å². The van der Waals surface area contributed by atoms with Gasteiger partial charge in [-0.2, -0.15) is 4.31 Å². The van der Waals surface area contributed by atoms with E-state index in [1.54, 1.807) is 24.2 Å². The number of nitrogens with zero attached hydrogens (tertiary/aromatic N) is 2. The summed E-state index contributed by atoms with van der Waals surface area (Å²) in [4.78, 5) is 12.9. The molecular formula is C20H25N3O4S. The van der Waals surface area contributed by atoms with E-state index in [1.807, 2.05) is 30.3 Å². The van der Waals surface area contributed by atoms with E-state index < -0.39 is 15.9 Å². The third-order valence-corrected chi connectivity index (χ3v) is 6.75. The van der Waals surface area contributed by atoms with Crippen molar-refractivity contribution in [1.29, 1.82) is 0 Å². The lowest BCUT2D eigenvalue weighted by atomic mass is 9.99. The highest BCUT2D eigenvalue weighted by molar-refractivity contribution is 7.89. The molecule has 1 atom stereocenters. The second-order valence-corrected chi connectivity index (χ2v) is 8.69. The lowest BCUT2D eigenvalue weighted by Gasteiger charge is -2.32. The summed E-state index contributed by atoms with van der Waals surface area (Å²) in [7, 11) is -0.353. The second kappa shape index (κ2) is 8.62. The maximum atomic E-state index is 12.9. The van der Waals surface area contributed by atoms with Crippen molar-refractivity contribution in [3.05, 3.63) is 54.6 Å². The van der Waals surface area contributed by atoms with Crippen LogP contribution in [-0.4, -0.2) is 45.9 Å². The monoisotopic (exact) mass is 403 g/mol. The predicted octanol–water partition coefficient (Wildman–Crippen LogP) is 2.26. The van der Waals surface area contributed by atoms with E-state index in [9.17, 15) is 13.2 Å². The smallest absolute Gasteiger partial charge is 0.243 e. The van der Waals surface area contributed by atoms with Crippen molar-refractivity contribution >= 4 is 21.6 Å². The van der Waals surface area contributed by atoms with Gasteiger partial charge in [-0.25, -0.2) is 8.42 Å². The molecule has 0 radical (unpaired) electrons. The van der Waals surface area contributed by atoms with Crippen LogP contribution < -0.4 is 15.2 Å². The molecule has 0 unspecified atom stereocenters. The largest absolute Gasteiger partial charge is 0.497 e. The quantitative estimate of drug-likeness (QED) is 0.749. The lowest BCUT2D eigenvalue weighted by molar-refractivity contribution is -0.126. The molecule has 1 fully saturated rings. The average Bonchev–Trinajstić information content (AvgIpc) is 2.74. The first-order valence-electron chi connectivity index (χ1n) is 9.15. The normalized spacial score (nSPS) is 17.7. The van der Waals surface area contributed by atoms with Gasteiger partial charge >= 0.3 is 0 Å². The van der Waals surface area contributed by atoms with Crippen molar-refractivity contribution in [2.45, 2.75) is 17.7 Å². The van der Waals surface area contributed by atoms with Gasteiger partial charge in [0.2, 0.25) is 15.9 Å². The number of hydrogen-bond acceptors (Lipinski definition) is 5. The first-order chi connectivity index (χ1) is 13.4. The summed E-state index contributed by atoms with van der Waals surface area (Å²) in [5, 5.41) is 1.65. The molecule has 150 valence electrons. The Hall–Kier alpha value is -2.58. The molecule has 0 spiro atoms. The molecular weight excluding hydrogens is 378 g/mol. The van der Waals surface area contributed by atoms with Gasteiger partial charge in [-0.15, -0.1) is 0 Å². The van der Waals surface area contributed by atoms with Crippen LogP contribution >= 0.6 is 0 Å². The molecule has 0 aliphatic carbocycles. The van der Waals surface area contributed by atoms with Crippen LogP contribution in [0.5, 0.6) is 5.75 Å². The van der Waals surface area contributed by atoms with Gasteiger partial charge in [-0.1, -0.05) is 18.2 Å². The van der Waals surface area contributed by atoms with Gasteiger partial charge in [0.05, 0.1) is 23.6 Å². The van der Waals surface area contributed by atoms with E-state index in [0.29, 0.717) is 25.1 Å². The maximum absolute atomic E-state index is 12.9. The number of piperidine rings is 1. The zero-order valence-corrected chi connectivity index (χ0v) is 16.9. The molecule has 8 heteroatoms. The van der Waals surface area contributed by atoms with E-state index in [0.717, 1.165) is 5.69 Å². The zero-order valence-electron chi connectivity index (χ0n) is 16.0. The number of benzene rings is 2. The third kappa shape index (κ3) is 4.45. The van der Waals surface area contributed by atoms with Crippen LogP contribution in [0.4, 0.5) is 5.69 Å². The number of anilines is 1. The Morgan fingerprint density at radius 1 is 1.14 bits per heavy atom. The van der Waals surface area contributed by atoms with Crippen molar-refractivity contribution in [1.82, 2.24) is 9.73 Å². The minimum absolute atomic E-state index is 0.169. The maximum Gasteiger partial charge on any atom is 0.243 e. The highest BCUT2D eigenvalue weighted by Gasteiger charge is 2.33. The summed E-state index contributed by atoms with van der Waals surface area (Å²) in [6, 6.07) is 15.8. The molecule has 1 aliphatic rings. The molecule has 7 nitrogen and oxygen atoms in total. The van der Waals surface area contributed by atoms with Crippen LogP contribution in [0.2, 0.25) is 0 Å². The van der Waals surface area contributed by atoms with Crippen LogP contribution in [0.3, 0.4) is 0 Å². The first-order valence-corrected chi connectivity index (χ1v) is 10.6. The summed E-state index contributed by atoms with van der Waals surface area (Å²) in [5.74, 6) is 0.0210. The molecule has 0 saturated carbocycles. The summed E-state index contributed by atoms with van der Waals surface area (Å²) < 4.78 is 32.4. The fourth-order valence-corrected chi connectivity index (χ4v) is 4.77. The van der Waals surface area contributed by atoms with Crippen molar-refractivity contribution < 1.29 is 17.9 Å². The molecule has 0 aromatic heterocycles. The highest BCUT2D eigenvalue weighted by Crippen LogP contribution is 2.25. The van der Waals surface area contributed by atoms with E-state index in [2.05, 4.69) is 5.43 Å². The molecule has 1 heterocycles. The Kier molecular flexibility index (Phi) is 6.21. The van der Waals surface area contributed by atoms with Gasteiger partial charge in [0.1, 0.15) is 5.75 Å². The molecule has 1 amide bonds. The van der Waals surface area contributed by atoms with Gasteiger partial charge in [-0.3, -0.25) is 15.2 Å². The number of ether oxygens (including phenoxy) is 1. The molecule has 0 bridgehead atoms. The number of carbonyl (C=O) groups excluding carboxylic acids is 1. The first kappa shape index (κ1) is 20.2. The Labute approximate surface area is 165 Å². The Bertz CT molecular complexity index is 901. The van der Waals surface area contributed by atoms with Crippen LogP contribution in [0.15, 0.2) is 59.5 Å². The summed E-state index contributed by atoms with van der Waals surface area (Å²) in [5.41, 5.74) is 3.71. The van der Waals surface area contributed by atoms with Crippen LogP contribution in [0, 0.1) is 5.92 Å². The Morgan fingerprint density at radius 2 is 1.82 bits per heavy atom. The highest BCUT2D eigenvalue weighted by atomic mass is 32.2. The fraction of sp³-hybridized carbons (Fsp3) is 0.350. The number of amides is 1. The van der Waals surface area contributed by atoms with Crippen molar-refractivity contribution in [3.8, 4) is 5.75 Å². The molecule has 2 aromatic carbocycles. The van der Waals surface area contributed by atoms with Gasteiger partial charge in [-0.05, 0) is 49.2 Å². The number of sulfonamides is 1. The van der Waals surface area contributed by atoms with Crippen LogP contribution in [0.1, 0.15) is 12.8 Å². The number of hydrogen-bond donors (Lipinski definition) is 1. The number of hydrazine groups is 1. The average molecular weight is 404 g/mol. The minimum Gasteiger partial charge on any atom is -0.497 e. The van der Waals surface area contributed by atoms with Crippen molar-refractivity contribution in [3.63, 3.8) is 0 Å². The summed E-state index contributed by atoms with van der Waals surface area (Å²) >= 11 is 0. The number of para-hydroxylation sites is 1. The van der Waals surface area contributed by atoms with Gasteiger partial charge < -0.3 is 4.74 Å². The number of methoxy groups -OCH3 is 1. The molecule has 2 aromatic rings. The number of rotatable bonds is 6. The van der Waals surface area contributed by atoms with E-state index >= 15 is 0 Å². The number of carbonyl (C=O) groups is 1.